The average molecular weight is 295 g/mol. The Morgan fingerprint density at radius 2 is 2.09 bits per heavy atom. The van der Waals surface area contributed by atoms with Crippen molar-refractivity contribution in [2.45, 2.75) is 6.42 Å². The molecule has 0 atom stereocenters. The lowest BCUT2D eigenvalue weighted by atomic mass is 10.1. The van der Waals surface area contributed by atoms with Gasteiger partial charge in [-0.3, -0.25) is 4.79 Å². The summed E-state index contributed by atoms with van der Waals surface area (Å²) in [6, 6.07) is 13.2. The summed E-state index contributed by atoms with van der Waals surface area (Å²) < 4.78 is 7.20. The van der Waals surface area contributed by atoms with E-state index in [1.54, 1.807) is 13.4 Å². The summed E-state index contributed by atoms with van der Waals surface area (Å²) in [5.74, 6) is 0.637. The molecule has 1 N–H and O–H groups in total. The predicted molar refractivity (Wildman–Crippen MR) is 86.0 cm³/mol. The van der Waals surface area contributed by atoms with Gasteiger partial charge in [0, 0.05) is 18.3 Å². The number of para-hydroxylation sites is 1. The maximum Gasteiger partial charge on any atom is 0.228 e. The largest absolute Gasteiger partial charge is 0.496 e. The molecule has 0 fully saturated rings. The molecule has 0 aliphatic carbocycles. The topological polar surface area (TPSA) is 56.1 Å². The van der Waals surface area contributed by atoms with Gasteiger partial charge in [0.2, 0.25) is 5.91 Å². The maximum absolute atomic E-state index is 12.2. The fourth-order valence-electron chi connectivity index (χ4n) is 2.44. The van der Waals surface area contributed by atoms with Crippen LogP contribution in [0.15, 0.2) is 48.8 Å². The molecule has 0 bridgehead atoms. The quantitative estimate of drug-likeness (QED) is 0.805. The van der Waals surface area contributed by atoms with Crippen molar-refractivity contribution in [2.24, 2.45) is 7.05 Å². The highest BCUT2D eigenvalue weighted by Crippen LogP contribution is 2.20. The molecule has 3 aromatic rings. The number of nitrogens with zero attached hydrogens (tertiary/aromatic N) is 2. The molecule has 0 spiro atoms. The van der Waals surface area contributed by atoms with E-state index in [1.807, 2.05) is 54.1 Å². The van der Waals surface area contributed by atoms with Crippen molar-refractivity contribution in [2.75, 3.05) is 12.4 Å². The number of amides is 1. The first-order chi connectivity index (χ1) is 10.7. The van der Waals surface area contributed by atoms with Crippen LogP contribution in [-0.2, 0) is 18.3 Å². The Hall–Kier alpha value is -2.82. The Morgan fingerprint density at radius 3 is 2.91 bits per heavy atom. The lowest BCUT2D eigenvalue weighted by Crippen LogP contribution is -2.14. The van der Waals surface area contributed by atoms with Crippen LogP contribution >= 0.6 is 0 Å². The summed E-state index contributed by atoms with van der Waals surface area (Å²) in [7, 11) is 3.54. The van der Waals surface area contributed by atoms with Gasteiger partial charge < -0.3 is 14.6 Å². The van der Waals surface area contributed by atoms with Gasteiger partial charge in [0.15, 0.2) is 0 Å². The number of anilines is 1. The molecule has 3 rings (SSSR count). The fourth-order valence-corrected chi connectivity index (χ4v) is 2.44. The third kappa shape index (κ3) is 2.79. The summed E-state index contributed by atoms with van der Waals surface area (Å²) in [5, 5.41) is 2.90. The number of ether oxygens (including phenoxy) is 1. The molecule has 0 aliphatic rings. The van der Waals surface area contributed by atoms with E-state index in [0.29, 0.717) is 0 Å². The monoisotopic (exact) mass is 295 g/mol. The molecule has 2 aromatic carbocycles. The lowest BCUT2D eigenvalue weighted by Gasteiger charge is -2.09. The molecule has 1 heterocycles. The van der Waals surface area contributed by atoms with Crippen molar-refractivity contribution < 1.29 is 9.53 Å². The minimum Gasteiger partial charge on any atom is -0.496 e. The Kier molecular flexibility index (Phi) is 3.78. The van der Waals surface area contributed by atoms with Crippen LogP contribution in [0.25, 0.3) is 11.0 Å². The van der Waals surface area contributed by atoms with Gasteiger partial charge in [0.1, 0.15) is 5.75 Å². The van der Waals surface area contributed by atoms with E-state index in [4.69, 9.17) is 4.74 Å². The fraction of sp³-hybridized carbons (Fsp3) is 0.176. The van der Waals surface area contributed by atoms with Crippen LogP contribution in [0.1, 0.15) is 5.56 Å². The number of rotatable bonds is 4. The molecule has 1 amide bonds. The highest BCUT2D eigenvalue weighted by molar-refractivity contribution is 5.94. The van der Waals surface area contributed by atoms with Crippen molar-refractivity contribution in [3.63, 3.8) is 0 Å². The van der Waals surface area contributed by atoms with E-state index in [9.17, 15) is 4.79 Å². The van der Waals surface area contributed by atoms with Crippen molar-refractivity contribution in [3.8, 4) is 5.75 Å². The Bertz CT molecular complexity index is 824. The molecular formula is C17H17N3O2. The Morgan fingerprint density at radius 1 is 1.27 bits per heavy atom. The van der Waals surface area contributed by atoms with Gasteiger partial charge in [-0.05, 0) is 24.3 Å². The van der Waals surface area contributed by atoms with Crippen molar-refractivity contribution >= 4 is 22.6 Å². The summed E-state index contributed by atoms with van der Waals surface area (Å²) in [6.07, 6.45) is 2.02. The number of methoxy groups -OCH3 is 1. The van der Waals surface area contributed by atoms with E-state index in [1.165, 1.54) is 0 Å². The number of benzene rings is 2. The van der Waals surface area contributed by atoms with Gasteiger partial charge in [0.25, 0.3) is 0 Å². The molecule has 22 heavy (non-hydrogen) atoms. The van der Waals surface area contributed by atoms with Gasteiger partial charge in [-0.15, -0.1) is 0 Å². The van der Waals surface area contributed by atoms with Gasteiger partial charge >= 0.3 is 0 Å². The smallest absolute Gasteiger partial charge is 0.228 e. The predicted octanol–water partition coefficient (Wildman–Crippen LogP) is 2.76. The molecule has 112 valence electrons. The number of imidazole rings is 1. The normalized spacial score (nSPS) is 10.6. The summed E-state index contributed by atoms with van der Waals surface area (Å²) >= 11 is 0. The third-order valence-electron chi connectivity index (χ3n) is 3.55. The number of hydrogen-bond donors (Lipinski definition) is 1. The van der Waals surface area contributed by atoms with Gasteiger partial charge in [-0.1, -0.05) is 18.2 Å². The number of aromatic nitrogens is 2. The number of aryl methyl sites for hydroxylation is 1. The zero-order valence-corrected chi connectivity index (χ0v) is 12.5. The lowest BCUT2D eigenvalue weighted by molar-refractivity contribution is -0.115. The van der Waals surface area contributed by atoms with Crippen LogP contribution in [0, 0.1) is 0 Å². The summed E-state index contributed by atoms with van der Waals surface area (Å²) in [6.45, 7) is 0. The van der Waals surface area contributed by atoms with Crippen LogP contribution in [0.3, 0.4) is 0 Å². The van der Waals surface area contributed by atoms with Crippen molar-refractivity contribution in [1.82, 2.24) is 9.55 Å². The summed E-state index contributed by atoms with van der Waals surface area (Å²) in [5.41, 5.74) is 3.49. The van der Waals surface area contributed by atoms with E-state index >= 15 is 0 Å². The third-order valence-corrected chi connectivity index (χ3v) is 3.55. The zero-order valence-electron chi connectivity index (χ0n) is 12.5. The van der Waals surface area contributed by atoms with Crippen LogP contribution < -0.4 is 10.1 Å². The molecule has 0 unspecified atom stereocenters. The molecule has 5 nitrogen and oxygen atoms in total. The molecule has 0 saturated heterocycles. The number of fused-ring (bicyclic) bond motifs is 1. The van der Waals surface area contributed by atoms with Crippen molar-refractivity contribution in [3.05, 3.63) is 54.4 Å². The van der Waals surface area contributed by atoms with E-state index in [2.05, 4.69) is 10.3 Å². The highest BCUT2D eigenvalue weighted by atomic mass is 16.5. The van der Waals surface area contributed by atoms with Crippen molar-refractivity contribution in [1.29, 1.82) is 0 Å². The molecule has 5 heteroatoms. The molecule has 0 aliphatic heterocycles. The van der Waals surface area contributed by atoms with E-state index in [0.717, 1.165) is 28.0 Å². The zero-order chi connectivity index (χ0) is 15.5. The number of nitrogens with one attached hydrogen (secondary N) is 1. The maximum atomic E-state index is 12.2. The minimum absolute atomic E-state index is 0.0835. The second-order valence-electron chi connectivity index (χ2n) is 5.10. The molecular weight excluding hydrogens is 278 g/mol. The Balaban J connectivity index is 1.75. The number of carbonyl (C=O) groups is 1. The molecule has 1 aromatic heterocycles. The summed E-state index contributed by atoms with van der Waals surface area (Å²) in [4.78, 5) is 16.5. The number of hydrogen-bond acceptors (Lipinski definition) is 3. The first kappa shape index (κ1) is 14.1. The van der Waals surface area contributed by atoms with Crippen LogP contribution in [0.4, 0.5) is 5.69 Å². The van der Waals surface area contributed by atoms with Crippen LogP contribution in [0.5, 0.6) is 5.75 Å². The molecule has 0 radical (unpaired) electrons. The average Bonchev–Trinajstić information content (AvgIpc) is 2.88. The first-order valence-electron chi connectivity index (χ1n) is 7.00. The van der Waals surface area contributed by atoms with Gasteiger partial charge in [-0.2, -0.15) is 0 Å². The minimum atomic E-state index is -0.0835. The SMILES string of the molecule is COc1ccccc1CC(=O)Nc1ccc2c(c1)ncn2C. The van der Waals surface area contributed by atoms with Gasteiger partial charge in [0.05, 0.1) is 30.9 Å². The van der Waals surface area contributed by atoms with Crippen LogP contribution in [0.2, 0.25) is 0 Å². The van der Waals surface area contributed by atoms with Gasteiger partial charge in [-0.25, -0.2) is 4.98 Å². The second-order valence-corrected chi connectivity index (χ2v) is 5.10. The first-order valence-corrected chi connectivity index (χ1v) is 7.00. The van der Waals surface area contributed by atoms with E-state index in [-0.39, 0.29) is 12.3 Å². The molecule has 0 saturated carbocycles. The van der Waals surface area contributed by atoms with Crippen LogP contribution in [-0.4, -0.2) is 22.6 Å². The highest BCUT2D eigenvalue weighted by Gasteiger charge is 2.09. The number of carbonyl (C=O) groups excluding carboxylic acids is 1. The van der Waals surface area contributed by atoms with E-state index < -0.39 is 0 Å². The second kappa shape index (κ2) is 5.89. The Labute approximate surface area is 128 Å². The standard InChI is InChI=1S/C17H17N3O2/c1-20-11-18-14-10-13(7-8-15(14)20)19-17(21)9-12-5-3-4-6-16(12)22-2/h3-8,10-11H,9H2,1-2H3,(H,19,21).